The van der Waals surface area contributed by atoms with Crippen molar-refractivity contribution < 1.29 is 14.2 Å². The number of ether oxygens (including phenoxy) is 1. The van der Waals surface area contributed by atoms with Crippen molar-refractivity contribution in [2.45, 2.75) is 17.9 Å². The van der Waals surface area contributed by atoms with Crippen LogP contribution in [0.1, 0.15) is 18.6 Å². The molecule has 4 heteroatoms. The maximum absolute atomic E-state index is 13.8. The smallest absolute Gasteiger partial charge is 0.168 e. The first kappa shape index (κ1) is 13.9. The summed E-state index contributed by atoms with van der Waals surface area (Å²) in [4.78, 5) is 1.11. The predicted octanol–water partition coefficient (Wildman–Crippen LogP) is 4.39. The Bertz CT molecular complexity index is 553. The summed E-state index contributed by atoms with van der Waals surface area (Å²) in [5.74, 6) is 0.145. The molecule has 0 fully saturated rings. The van der Waals surface area contributed by atoms with Crippen LogP contribution >= 0.6 is 11.8 Å². The molecule has 0 amide bonds. The van der Waals surface area contributed by atoms with Gasteiger partial charge in [0.1, 0.15) is 5.75 Å². The molecule has 0 radical (unpaired) electrons. The Balaban J connectivity index is 2.31. The van der Waals surface area contributed by atoms with Crippen molar-refractivity contribution in [1.29, 1.82) is 0 Å². The van der Waals surface area contributed by atoms with Gasteiger partial charge in [-0.05, 0) is 43.5 Å². The molecule has 2 rings (SSSR count). The number of para-hydroxylation sites is 1. The molecule has 0 aromatic heterocycles. The third-order valence-corrected chi connectivity index (χ3v) is 3.47. The minimum absolute atomic E-state index is 0.0781. The summed E-state index contributed by atoms with van der Waals surface area (Å²) in [6.07, 6.45) is 1.20. The van der Waals surface area contributed by atoms with E-state index >= 15 is 0 Å². The third kappa shape index (κ3) is 3.28. The zero-order chi connectivity index (χ0) is 13.8. The Hall–Kier alpha value is -1.52. The average molecular weight is 278 g/mol. The number of aliphatic hydroxyl groups is 1. The van der Waals surface area contributed by atoms with Gasteiger partial charge in [0.05, 0.1) is 6.10 Å². The maximum atomic E-state index is 13.8. The fraction of sp³-hybridized carbons (Fsp3) is 0.200. The molecule has 2 nitrogen and oxygen atoms in total. The topological polar surface area (TPSA) is 29.5 Å². The summed E-state index contributed by atoms with van der Waals surface area (Å²) in [7, 11) is 0. The van der Waals surface area contributed by atoms with Gasteiger partial charge in [-0.3, -0.25) is 0 Å². The maximum Gasteiger partial charge on any atom is 0.168 e. The molecule has 0 saturated carbocycles. The highest BCUT2D eigenvalue weighted by Crippen LogP contribution is 2.32. The number of halogens is 1. The van der Waals surface area contributed by atoms with Crippen molar-refractivity contribution in [2.24, 2.45) is 0 Å². The molecule has 0 aliphatic rings. The molecule has 1 atom stereocenters. The summed E-state index contributed by atoms with van der Waals surface area (Å²) in [5.41, 5.74) is 0.439. The van der Waals surface area contributed by atoms with Gasteiger partial charge in [-0.1, -0.05) is 12.1 Å². The van der Waals surface area contributed by atoms with Gasteiger partial charge < -0.3 is 9.84 Å². The Kier molecular flexibility index (Phi) is 4.45. The van der Waals surface area contributed by atoms with Gasteiger partial charge in [-0.25, -0.2) is 4.39 Å². The normalized spacial score (nSPS) is 12.2. The second-order valence-electron chi connectivity index (χ2n) is 4.11. The van der Waals surface area contributed by atoms with Crippen LogP contribution in [-0.2, 0) is 0 Å². The van der Waals surface area contributed by atoms with Crippen LogP contribution in [0.25, 0.3) is 0 Å². The summed E-state index contributed by atoms with van der Waals surface area (Å²) in [6, 6.07) is 11.9. The van der Waals surface area contributed by atoms with Crippen molar-refractivity contribution in [2.75, 3.05) is 6.26 Å². The number of hydrogen-bond acceptors (Lipinski definition) is 3. The van der Waals surface area contributed by atoms with Crippen molar-refractivity contribution in [3.8, 4) is 11.5 Å². The lowest BCUT2D eigenvalue weighted by Gasteiger charge is -2.14. The van der Waals surface area contributed by atoms with E-state index in [0.29, 0.717) is 11.3 Å². The molecular formula is C15H15FO2S. The highest BCUT2D eigenvalue weighted by molar-refractivity contribution is 7.98. The largest absolute Gasteiger partial charge is 0.454 e. The fourth-order valence-corrected chi connectivity index (χ4v) is 2.13. The molecule has 2 aromatic carbocycles. The van der Waals surface area contributed by atoms with E-state index in [1.54, 1.807) is 43.0 Å². The SMILES string of the molecule is CSc1ccc(Oc2c(F)cccc2[C@@H](C)O)cc1. The van der Waals surface area contributed by atoms with Gasteiger partial charge >= 0.3 is 0 Å². The minimum atomic E-state index is -0.781. The molecule has 100 valence electrons. The van der Waals surface area contributed by atoms with Gasteiger partial charge in [-0.2, -0.15) is 0 Å². The summed E-state index contributed by atoms with van der Waals surface area (Å²) in [6.45, 7) is 1.58. The molecule has 2 aromatic rings. The van der Waals surface area contributed by atoms with E-state index in [-0.39, 0.29) is 5.75 Å². The molecule has 1 N–H and O–H groups in total. The molecule has 0 aliphatic heterocycles. The lowest BCUT2D eigenvalue weighted by molar-refractivity contribution is 0.194. The monoisotopic (exact) mass is 278 g/mol. The van der Waals surface area contributed by atoms with Gasteiger partial charge in [0.2, 0.25) is 0 Å². The fourth-order valence-electron chi connectivity index (χ4n) is 1.72. The standard InChI is InChI=1S/C15H15FO2S/c1-10(17)13-4-3-5-14(16)15(13)18-11-6-8-12(19-2)9-7-11/h3-10,17H,1-2H3/t10-/m1/s1. The van der Waals surface area contributed by atoms with E-state index in [4.69, 9.17) is 4.74 Å². The molecule has 0 unspecified atom stereocenters. The van der Waals surface area contributed by atoms with Gasteiger partial charge in [0.15, 0.2) is 11.6 Å². The van der Waals surface area contributed by atoms with E-state index in [0.717, 1.165) is 4.90 Å². The summed E-state index contributed by atoms with van der Waals surface area (Å²) in [5, 5.41) is 9.64. The van der Waals surface area contributed by atoms with Crippen LogP contribution in [0.5, 0.6) is 11.5 Å². The molecule has 0 saturated heterocycles. The van der Waals surface area contributed by atoms with Crippen molar-refractivity contribution >= 4 is 11.8 Å². The van der Waals surface area contributed by atoms with Gasteiger partial charge in [0, 0.05) is 10.5 Å². The quantitative estimate of drug-likeness (QED) is 0.841. The van der Waals surface area contributed by atoms with E-state index in [9.17, 15) is 9.50 Å². The molecule has 19 heavy (non-hydrogen) atoms. The third-order valence-electron chi connectivity index (χ3n) is 2.73. The second-order valence-corrected chi connectivity index (χ2v) is 4.99. The molecule has 0 bridgehead atoms. The van der Waals surface area contributed by atoms with Crippen molar-refractivity contribution in [3.05, 3.63) is 53.8 Å². The zero-order valence-corrected chi connectivity index (χ0v) is 11.6. The highest BCUT2D eigenvalue weighted by Gasteiger charge is 2.14. The van der Waals surface area contributed by atoms with Crippen LogP contribution in [0.3, 0.4) is 0 Å². The molecular weight excluding hydrogens is 263 g/mol. The van der Waals surface area contributed by atoms with Crippen LogP contribution in [0.15, 0.2) is 47.4 Å². The summed E-state index contributed by atoms with van der Waals surface area (Å²) >= 11 is 1.63. The summed E-state index contributed by atoms with van der Waals surface area (Å²) < 4.78 is 19.4. The van der Waals surface area contributed by atoms with Crippen molar-refractivity contribution in [3.63, 3.8) is 0 Å². The van der Waals surface area contributed by atoms with Gasteiger partial charge in [0.25, 0.3) is 0 Å². The Morgan fingerprint density at radius 2 is 1.84 bits per heavy atom. The number of rotatable bonds is 4. The lowest BCUT2D eigenvalue weighted by Crippen LogP contribution is -1.98. The van der Waals surface area contributed by atoms with E-state index in [1.165, 1.54) is 6.07 Å². The molecule has 0 heterocycles. The first-order valence-corrected chi connectivity index (χ1v) is 7.12. The average Bonchev–Trinajstić information content (AvgIpc) is 2.41. The van der Waals surface area contributed by atoms with Gasteiger partial charge in [-0.15, -0.1) is 11.8 Å². The lowest BCUT2D eigenvalue weighted by atomic mass is 10.1. The van der Waals surface area contributed by atoms with E-state index in [2.05, 4.69) is 0 Å². The number of aliphatic hydroxyl groups excluding tert-OH is 1. The Morgan fingerprint density at radius 3 is 2.42 bits per heavy atom. The van der Waals surface area contributed by atoms with Crippen LogP contribution in [-0.4, -0.2) is 11.4 Å². The van der Waals surface area contributed by atoms with Crippen molar-refractivity contribution in [1.82, 2.24) is 0 Å². The second kappa shape index (κ2) is 6.08. The Labute approximate surface area is 116 Å². The first-order chi connectivity index (χ1) is 9.11. The van der Waals surface area contributed by atoms with E-state index in [1.807, 2.05) is 18.4 Å². The zero-order valence-electron chi connectivity index (χ0n) is 10.8. The number of hydrogen-bond donors (Lipinski definition) is 1. The number of benzene rings is 2. The predicted molar refractivity (Wildman–Crippen MR) is 75.3 cm³/mol. The minimum Gasteiger partial charge on any atom is -0.454 e. The highest BCUT2D eigenvalue weighted by atomic mass is 32.2. The van der Waals surface area contributed by atoms with Crippen LogP contribution in [0.4, 0.5) is 4.39 Å². The molecule has 0 aliphatic carbocycles. The van der Waals surface area contributed by atoms with Crippen LogP contribution in [0.2, 0.25) is 0 Å². The number of thioether (sulfide) groups is 1. The van der Waals surface area contributed by atoms with E-state index < -0.39 is 11.9 Å². The molecule has 0 spiro atoms. The first-order valence-electron chi connectivity index (χ1n) is 5.90. The van der Waals surface area contributed by atoms with Crippen LogP contribution in [0, 0.1) is 5.82 Å². The Morgan fingerprint density at radius 1 is 1.16 bits per heavy atom. The van der Waals surface area contributed by atoms with Crippen LogP contribution < -0.4 is 4.74 Å².